The SMILES string of the molecule is Cc1[nH]nc(C(=O)O)c1S(=O)(=O)Nc1ccc(Cl)cc1Cl. The minimum atomic E-state index is -4.16. The van der Waals surface area contributed by atoms with E-state index in [0.717, 1.165) is 0 Å². The van der Waals surface area contributed by atoms with Gasteiger partial charge in [0.05, 0.1) is 16.4 Å². The Labute approximate surface area is 129 Å². The largest absolute Gasteiger partial charge is 0.476 e. The fraction of sp³-hybridized carbons (Fsp3) is 0.0909. The number of H-pyrrole nitrogens is 1. The first-order valence-electron chi connectivity index (χ1n) is 5.48. The maximum Gasteiger partial charge on any atom is 0.357 e. The number of anilines is 1. The maximum atomic E-state index is 12.3. The Kier molecular flexibility index (Phi) is 4.13. The molecule has 0 fully saturated rings. The van der Waals surface area contributed by atoms with Crippen LogP contribution >= 0.6 is 23.2 Å². The average Bonchev–Trinajstić information content (AvgIpc) is 2.76. The lowest BCUT2D eigenvalue weighted by Gasteiger charge is -2.09. The van der Waals surface area contributed by atoms with Crippen LogP contribution in [0.2, 0.25) is 10.0 Å². The molecule has 1 aromatic carbocycles. The van der Waals surface area contributed by atoms with Gasteiger partial charge in [0, 0.05) is 5.02 Å². The number of carboxylic acid groups (broad SMARTS) is 1. The molecule has 3 N–H and O–H groups in total. The Morgan fingerprint density at radius 3 is 2.62 bits per heavy atom. The highest BCUT2D eigenvalue weighted by Gasteiger charge is 2.28. The van der Waals surface area contributed by atoms with Gasteiger partial charge in [-0.2, -0.15) is 5.10 Å². The van der Waals surface area contributed by atoms with Crippen LogP contribution < -0.4 is 4.72 Å². The van der Waals surface area contributed by atoms with Crippen molar-refractivity contribution < 1.29 is 18.3 Å². The number of sulfonamides is 1. The number of nitrogens with zero attached hydrogens (tertiary/aromatic N) is 1. The minimum Gasteiger partial charge on any atom is -0.476 e. The summed E-state index contributed by atoms with van der Waals surface area (Å²) in [6.07, 6.45) is 0. The van der Waals surface area contributed by atoms with E-state index < -0.39 is 26.6 Å². The summed E-state index contributed by atoms with van der Waals surface area (Å²) in [7, 11) is -4.16. The molecular formula is C11H9Cl2N3O4S. The van der Waals surface area contributed by atoms with E-state index in [4.69, 9.17) is 28.3 Å². The zero-order valence-corrected chi connectivity index (χ0v) is 12.8. The molecule has 0 aliphatic heterocycles. The van der Waals surface area contributed by atoms with E-state index >= 15 is 0 Å². The van der Waals surface area contributed by atoms with Crippen LogP contribution in [0, 0.1) is 6.92 Å². The second kappa shape index (κ2) is 5.55. The van der Waals surface area contributed by atoms with Gasteiger partial charge in [-0.15, -0.1) is 0 Å². The third kappa shape index (κ3) is 3.12. The summed E-state index contributed by atoms with van der Waals surface area (Å²) in [5, 5.41) is 15.2. The Bertz CT molecular complexity index is 817. The smallest absolute Gasteiger partial charge is 0.357 e. The number of aromatic carboxylic acids is 1. The Hall–Kier alpha value is -1.77. The molecule has 10 heteroatoms. The fourth-order valence-electron chi connectivity index (χ4n) is 1.66. The lowest BCUT2D eigenvalue weighted by molar-refractivity contribution is 0.0686. The van der Waals surface area contributed by atoms with Crippen molar-refractivity contribution in [2.75, 3.05) is 4.72 Å². The summed E-state index contributed by atoms with van der Waals surface area (Å²) in [6, 6.07) is 4.19. The second-order valence-electron chi connectivity index (χ2n) is 4.06. The van der Waals surface area contributed by atoms with E-state index in [1.807, 2.05) is 0 Å². The summed E-state index contributed by atoms with van der Waals surface area (Å²) in [5.41, 5.74) is -0.409. The number of carbonyl (C=O) groups is 1. The van der Waals surface area contributed by atoms with Crippen molar-refractivity contribution in [3.63, 3.8) is 0 Å². The Balaban J connectivity index is 2.48. The monoisotopic (exact) mass is 349 g/mol. The molecule has 0 aliphatic carbocycles. The van der Waals surface area contributed by atoms with Gasteiger partial charge in [-0.05, 0) is 25.1 Å². The van der Waals surface area contributed by atoms with Gasteiger partial charge >= 0.3 is 5.97 Å². The van der Waals surface area contributed by atoms with Gasteiger partial charge < -0.3 is 5.11 Å². The van der Waals surface area contributed by atoms with Crippen molar-refractivity contribution in [1.82, 2.24) is 10.2 Å². The number of aromatic nitrogens is 2. The average molecular weight is 350 g/mol. The van der Waals surface area contributed by atoms with Gasteiger partial charge in [0.15, 0.2) is 5.69 Å². The maximum absolute atomic E-state index is 12.3. The van der Waals surface area contributed by atoms with Crippen molar-refractivity contribution in [3.8, 4) is 0 Å². The van der Waals surface area contributed by atoms with Crippen molar-refractivity contribution in [3.05, 3.63) is 39.6 Å². The third-order valence-electron chi connectivity index (χ3n) is 2.54. The first-order chi connectivity index (χ1) is 9.72. The number of carboxylic acids is 1. The van der Waals surface area contributed by atoms with E-state index in [-0.39, 0.29) is 16.4 Å². The molecule has 1 aromatic heterocycles. The van der Waals surface area contributed by atoms with Gasteiger partial charge in [0.25, 0.3) is 10.0 Å². The number of halogens is 2. The van der Waals surface area contributed by atoms with Crippen LogP contribution in [0.15, 0.2) is 23.1 Å². The van der Waals surface area contributed by atoms with Crippen LogP contribution in [-0.2, 0) is 10.0 Å². The number of benzene rings is 1. The predicted octanol–water partition coefficient (Wildman–Crippen LogP) is 2.52. The topological polar surface area (TPSA) is 112 Å². The molecule has 0 unspecified atom stereocenters. The second-order valence-corrected chi connectivity index (χ2v) is 6.52. The van der Waals surface area contributed by atoms with Crippen LogP contribution in [0.4, 0.5) is 5.69 Å². The van der Waals surface area contributed by atoms with E-state index in [9.17, 15) is 13.2 Å². The highest BCUT2D eigenvalue weighted by atomic mass is 35.5. The van der Waals surface area contributed by atoms with Crippen molar-refractivity contribution in [1.29, 1.82) is 0 Å². The molecular weight excluding hydrogens is 341 g/mol. The van der Waals surface area contributed by atoms with Crippen LogP contribution in [0.3, 0.4) is 0 Å². The molecule has 0 amide bonds. The van der Waals surface area contributed by atoms with Crippen molar-refractivity contribution in [2.24, 2.45) is 0 Å². The molecule has 7 nitrogen and oxygen atoms in total. The molecule has 0 aliphatic rings. The number of aryl methyl sites for hydroxylation is 1. The van der Waals surface area contributed by atoms with Crippen LogP contribution in [-0.4, -0.2) is 29.7 Å². The van der Waals surface area contributed by atoms with Crippen molar-refractivity contribution in [2.45, 2.75) is 11.8 Å². The Morgan fingerprint density at radius 1 is 1.38 bits per heavy atom. The van der Waals surface area contributed by atoms with Gasteiger partial charge in [-0.3, -0.25) is 9.82 Å². The normalized spacial score (nSPS) is 11.4. The zero-order valence-electron chi connectivity index (χ0n) is 10.5. The molecule has 0 spiro atoms. The molecule has 0 radical (unpaired) electrons. The summed E-state index contributed by atoms with van der Waals surface area (Å²) in [4.78, 5) is 10.6. The number of aromatic amines is 1. The molecule has 0 saturated carbocycles. The van der Waals surface area contributed by atoms with E-state index in [1.165, 1.54) is 25.1 Å². The summed E-state index contributed by atoms with van der Waals surface area (Å²) >= 11 is 11.6. The van der Waals surface area contributed by atoms with Crippen LogP contribution in [0.1, 0.15) is 16.2 Å². The number of hydrogen-bond donors (Lipinski definition) is 3. The summed E-state index contributed by atoms with van der Waals surface area (Å²) < 4.78 is 26.9. The predicted molar refractivity (Wildman–Crippen MR) is 77.6 cm³/mol. The molecule has 112 valence electrons. The summed E-state index contributed by atoms with van der Waals surface area (Å²) in [6.45, 7) is 1.40. The number of rotatable bonds is 4. The minimum absolute atomic E-state index is 0.0815. The Morgan fingerprint density at radius 2 is 2.05 bits per heavy atom. The van der Waals surface area contributed by atoms with Gasteiger partial charge in [-0.1, -0.05) is 23.2 Å². The lowest BCUT2D eigenvalue weighted by Crippen LogP contribution is -2.17. The molecule has 0 bridgehead atoms. The van der Waals surface area contributed by atoms with Gasteiger partial charge in [0.1, 0.15) is 4.90 Å². The quantitative estimate of drug-likeness (QED) is 0.784. The molecule has 21 heavy (non-hydrogen) atoms. The lowest BCUT2D eigenvalue weighted by atomic mass is 10.3. The first-order valence-corrected chi connectivity index (χ1v) is 7.72. The molecule has 2 rings (SSSR count). The van der Waals surface area contributed by atoms with Gasteiger partial charge in [0.2, 0.25) is 0 Å². The van der Waals surface area contributed by atoms with Gasteiger partial charge in [-0.25, -0.2) is 13.2 Å². The fourth-order valence-corrected chi connectivity index (χ4v) is 3.58. The molecule has 0 atom stereocenters. The van der Waals surface area contributed by atoms with Crippen molar-refractivity contribution >= 4 is 44.9 Å². The van der Waals surface area contributed by atoms with E-state index in [2.05, 4.69) is 14.9 Å². The number of hydrogen-bond acceptors (Lipinski definition) is 4. The molecule has 0 saturated heterocycles. The molecule has 2 aromatic rings. The first kappa shape index (κ1) is 15.6. The highest BCUT2D eigenvalue weighted by molar-refractivity contribution is 7.92. The highest BCUT2D eigenvalue weighted by Crippen LogP contribution is 2.28. The van der Waals surface area contributed by atoms with E-state index in [1.54, 1.807) is 0 Å². The number of nitrogens with one attached hydrogen (secondary N) is 2. The van der Waals surface area contributed by atoms with Crippen LogP contribution in [0.25, 0.3) is 0 Å². The van der Waals surface area contributed by atoms with E-state index in [0.29, 0.717) is 5.02 Å². The zero-order chi connectivity index (χ0) is 15.8. The van der Waals surface area contributed by atoms with Crippen LogP contribution in [0.5, 0.6) is 0 Å². The molecule has 1 heterocycles. The standard InChI is InChI=1S/C11H9Cl2N3O4S/c1-5-10(9(11(17)18)15-14-5)21(19,20)16-8-3-2-6(12)4-7(8)13/h2-4,16H,1H3,(H,14,15)(H,17,18). The third-order valence-corrected chi connectivity index (χ3v) is 4.61. The summed E-state index contributed by atoms with van der Waals surface area (Å²) in [5.74, 6) is -1.46.